The first kappa shape index (κ1) is 21.0. The summed E-state index contributed by atoms with van der Waals surface area (Å²) in [4.78, 5) is 26.4. The third-order valence-corrected chi connectivity index (χ3v) is 5.35. The van der Waals surface area contributed by atoms with E-state index in [1.807, 2.05) is 12.1 Å². The molecule has 1 unspecified atom stereocenters. The van der Waals surface area contributed by atoms with Crippen molar-refractivity contribution in [1.82, 2.24) is 15.5 Å². The van der Waals surface area contributed by atoms with E-state index in [1.54, 1.807) is 0 Å². The van der Waals surface area contributed by atoms with Crippen molar-refractivity contribution in [2.24, 2.45) is 0 Å². The van der Waals surface area contributed by atoms with E-state index < -0.39 is 11.7 Å². The minimum atomic E-state index is -0.407. The monoisotopic (exact) mass is 397 g/mol. The molecule has 0 spiro atoms. The number of piperidine rings is 1. The first-order chi connectivity index (χ1) is 14.0. The summed E-state index contributed by atoms with van der Waals surface area (Å²) in [5, 5.41) is 5.33. The second kappa shape index (κ2) is 10.2. The molecule has 1 aliphatic heterocycles. The van der Waals surface area contributed by atoms with Gasteiger partial charge in [-0.25, -0.2) is 4.39 Å². The topological polar surface area (TPSA) is 61.4 Å². The van der Waals surface area contributed by atoms with Crippen LogP contribution >= 0.6 is 0 Å². The van der Waals surface area contributed by atoms with E-state index in [1.165, 1.54) is 49.1 Å². The lowest BCUT2D eigenvalue weighted by atomic mass is 10.0. The number of amides is 2. The molecule has 1 fully saturated rings. The van der Waals surface area contributed by atoms with Gasteiger partial charge in [0, 0.05) is 24.7 Å². The van der Waals surface area contributed by atoms with E-state index in [9.17, 15) is 14.0 Å². The van der Waals surface area contributed by atoms with Crippen LogP contribution in [0.15, 0.2) is 48.5 Å². The van der Waals surface area contributed by atoms with E-state index in [2.05, 4.69) is 34.6 Å². The molecule has 0 bridgehead atoms. The summed E-state index contributed by atoms with van der Waals surface area (Å²) in [6.07, 6.45) is 3.86. The van der Waals surface area contributed by atoms with Crippen molar-refractivity contribution in [2.45, 2.75) is 45.3 Å². The predicted octanol–water partition coefficient (Wildman–Crippen LogP) is 3.25. The van der Waals surface area contributed by atoms with Gasteiger partial charge in [-0.15, -0.1) is 0 Å². The molecule has 29 heavy (non-hydrogen) atoms. The van der Waals surface area contributed by atoms with Gasteiger partial charge in [-0.1, -0.05) is 30.7 Å². The Labute approximate surface area is 171 Å². The van der Waals surface area contributed by atoms with Crippen molar-refractivity contribution in [1.29, 1.82) is 0 Å². The molecule has 3 rings (SSSR count). The van der Waals surface area contributed by atoms with Gasteiger partial charge < -0.3 is 10.6 Å². The molecule has 0 aromatic heterocycles. The molecular formula is C23H28FN3O2. The highest BCUT2D eigenvalue weighted by atomic mass is 19.1. The fraction of sp³-hybridized carbons (Fsp3) is 0.391. The summed E-state index contributed by atoms with van der Waals surface area (Å²) in [7, 11) is 0. The zero-order chi connectivity index (χ0) is 20.6. The zero-order valence-corrected chi connectivity index (χ0v) is 16.8. The van der Waals surface area contributed by atoms with Crippen LogP contribution in [0.3, 0.4) is 0 Å². The maximum Gasteiger partial charge on any atom is 0.251 e. The van der Waals surface area contributed by atoms with E-state index in [-0.39, 0.29) is 12.5 Å². The Morgan fingerprint density at radius 3 is 2.38 bits per heavy atom. The number of rotatable bonds is 7. The van der Waals surface area contributed by atoms with E-state index in [0.717, 1.165) is 18.7 Å². The Bertz CT molecular complexity index is 821. The number of carbonyl (C=O) groups is 2. The van der Waals surface area contributed by atoms with Gasteiger partial charge in [-0.3, -0.25) is 14.5 Å². The molecule has 2 N–H and O–H groups in total. The van der Waals surface area contributed by atoms with Gasteiger partial charge in [0.05, 0.1) is 6.54 Å². The normalized spacial score (nSPS) is 17.0. The van der Waals surface area contributed by atoms with Crippen LogP contribution in [0, 0.1) is 5.82 Å². The molecule has 1 heterocycles. The minimum Gasteiger partial charge on any atom is -0.350 e. The Kier molecular flexibility index (Phi) is 7.36. The van der Waals surface area contributed by atoms with E-state index in [4.69, 9.17) is 0 Å². The highest BCUT2D eigenvalue weighted by Gasteiger charge is 2.18. The molecule has 2 aromatic rings. The number of nitrogens with zero attached hydrogens (tertiary/aromatic N) is 1. The first-order valence-electron chi connectivity index (χ1n) is 10.1. The lowest BCUT2D eigenvalue weighted by molar-refractivity contribution is -0.120. The molecule has 154 valence electrons. The highest BCUT2D eigenvalue weighted by Crippen LogP contribution is 2.19. The summed E-state index contributed by atoms with van der Waals surface area (Å²) in [6.45, 7) is 4.69. The van der Waals surface area contributed by atoms with E-state index >= 15 is 0 Å². The van der Waals surface area contributed by atoms with Gasteiger partial charge in [0.2, 0.25) is 5.91 Å². The van der Waals surface area contributed by atoms with Crippen LogP contribution in [0.2, 0.25) is 0 Å². The molecule has 2 aromatic carbocycles. The second-order valence-electron chi connectivity index (χ2n) is 7.60. The van der Waals surface area contributed by atoms with Crippen LogP contribution in [0.25, 0.3) is 0 Å². The summed E-state index contributed by atoms with van der Waals surface area (Å²) in [5.41, 5.74) is 2.61. The average Bonchev–Trinajstić information content (AvgIpc) is 2.73. The number of hydrogen-bond acceptors (Lipinski definition) is 3. The van der Waals surface area contributed by atoms with Gasteiger partial charge >= 0.3 is 0 Å². The first-order valence-corrected chi connectivity index (χ1v) is 10.1. The van der Waals surface area contributed by atoms with Crippen molar-refractivity contribution in [2.75, 3.05) is 13.1 Å². The quantitative estimate of drug-likeness (QED) is 0.754. The van der Waals surface area contributed by atoms with Crippen LogP contribution in [-0.2, 0) is 17.9 Å². The number of nitrogens with one attached hydrogen (secondary N) is 2. The second-order valence-corrected chi connectivity index (χ2v) is 7.60. The number of halogens is 1. The molecule has 0 aliphatic carbocycles. The Morgan fingerprint density at radius 1 is 1.00 bits per heavy atom. The van der Waals surface area contributed by atoms with E-state index in [0.29, 0.717) is 18.2 Å². The highest BCUT2D eigenvalue weighted by molar-refractivity contribution is 5.96. The van der Waals surface area contributed by atoms with Gasteiger partial charge in [-0.2, -0.15) is 0 Å². The smallest absolute Gasteiger partial charge is 0.251 e. The molecule has 0 saturated carbocycles. The number of benzene rings is 2. The SMILES string of the molecule is CC1CCCCN1Cc1ccc(CNC(=O)CNC(=O)c2ccc(F)cc2)cc1. The van der Waals surface area contributed by atoms with Gasteiger partial charge in [-0.05, 0) is 61.7 Å². The molecule has 0 radical (unpaired) electrons. The van der Waals surface area contributed by atoms with Crippen molar-refractivity contribution < 1.29 is 14.0 Å². The van der Waals surface area contributed by atoms with Gasteiger partial charge in [0.25, 0.3) is 5.91 Å². The fourth-order valence-electron chi connectivity index (χ4n) is 3.52. The Hall–Kier alpha value is -2.73. The molecule has 2 amide bonds. The summed E-state index contributed by atoms with van der Waals surface area (Å²) >= 11 is 0. The Balaban J connectivity index is 1.40. The third kappa shape index (κ3) is 6.39. The summed E-state index contributed by atoms with van der Waals surface area (Å²) in [5.74, 6) is -1.08. The van der Waals surface area contributed by atoms with Gasteiger partial charge in [0.1, 0.15) is 5.82 Å². The lowest BCUT2D eigenvalue weighted by Crippen LogP contribution is -2.37. The number of carbonyl (C=O) groups excluding carboxylic acids is 2. The maximum absolute atomic E-state index is 12.9. The summed E-state index contributed by atoms with van der Waals surface area (Å²) < 4.78 is 12.9. The largest absolute Gasteiger partial charge is 0.350 e. The average molecular weight is 397 g/mol. The third-order valence-electron chi connectivity index (χ3n) is 5.35. The van der Waals surface area contributed by atoms with Crippen LogP contribution in [0.4, 0.5) is 4.39 Å². The minimum absolute atomic E-state index is 0.124. The fourth-order valence-corrected chi connectivity index (χ4v) is 3.52. The molecular weight excluding hydrogens is 369 g/mol. The summed E-state index contributed by atoms with van der Waals surface area (Å²) in [6, 6.07) is 14.1. The number of likely N-dealkylation sites (tertiary alicyclic amines) is 1. The number of hydrogen-bond donors (Lipinski definition) is 2. The standard InChI is InChI=1S/C23H28FN3O2/c1-17-4-2-3-13-27(17)16-19-7-5-18(6-8-19)14-25-22(28)15-26-23(29)20-9-11-21(24)12-10-20/h5-12,17H,2-4,13-16H2,1H3,(H,25,28)(H,26,29). The van der Waals surface area contributed by atoms with Crippen molar-refractivity contribution in [3.63, 3.8) is 0 Å². The molecule has 1 atom stereocenters. The molecule has 5 nitrogen and oxygen atoms in total. The van der Waals surface area contributed by atoms with Crippen molar-refractivity contribution >= 4 is 11.8 Å². The predicted molar refractivity (Wildman–Crippen MR) is 111 cm³/mol. The van der Waals surface area contributed by atoms with Crippen LogP contribution in [0.1, 0.15) is 47.7 Å². The molecule has 1 saturated heterocycles. The van der Waals surface area contributed by atoms with Crippen molar-refractivity contribution in [3.8, 4) is 0 Å². The van der Waals surface area contributed by atoms with Crippen LogP contribution in [0.5, 0.6) is 0 Å². The van der Waals surface area contributed by atoms with Gasteiger partial charge in [0.15, 0.2) is 0 Å². The zero-order valence-electron chi connectivity index (χ0n) is 16.8. The molecule has 1 aliphatic rings. The lowest BCUT2D eigenvalue weighted by Gasteiger charge is -2.33. The Morgan fingerprint density at radius 2 is 1.69 bits per heavy atom. The van der Waals surface area contributed by atoms with Crippen molar-refractivity contribution in [3.05, 3.63) is 71.0 Å². The maximum atomic E-state index is 12.9. The van der Waals surface area contributed by atoms with Crippen LogP contribution < -0.4 is 10.6 Å². The van der Waals surface area contributed by atoms with Crippen LogP contribution in [-0.4, -0.2) is 35.8 Å². The molecule has 6 heteroatoms.